The summed E-state index contributed by atoms with van der Waals surface area (Å²) in [5.41, 5.74) is 2.92. The summed E-state index contributed by atoms with van der Waals surface area (Å²) in [7, 11) is 0. The molecule has 4 rings (SSSR count). The van der Waals surface area contributed by atoms with Crippen LogP contribution >= 0.6 is 0 Å². The van der Waals surface area contributed by atoms with Crippen LogP contribution in [0.5, 0.6) is 11.5 Å². The zero-order chi connectivity index (χ0) is 35.5. The predicted molar refractivity (Wildman–Crippen MR) is 198 cm³/mol. The molecule has 3 atom stereocenters. The van der Waals surface area contributed by atoms with E-state index in [0.29, 0.717) is 16.9 Å². The minimum Gasteiger partial charge on any atom is -0.507 e. The first-order valence-corrected chi connectivity index (χ1v) is 18.3. The molecule has 5 heteroatoms. The molecule has 3 N–H and O–H groups in total. The Labute approximate surface area is 290 Å². The standard InChI is InChI=1S/C29H50O2.C14H12O3/c1-20(2)12-9-13-21(3)14-10-15-22(4)16-11-18-29(8)19-17-26-25(7)27(30)23(5)24(6)28(26)31-29;15-13(16)14(17,11-7-3-1-4-8-11)12-9-5-2-6-10-12/h20-22,30H,9-19H2,1-8H3;1-10,17H,(H,15,16)/t21?,22?,29-;/m1./s1. The van der Waals surface area contributed by atoms with E-state index in [-0.39, 0.29) is 5.60 Å². The Bertz CT molecular complexity index is 1390. The highest BCUT2D eigenvalue weighted by Crippen LogP contribution is 2.44. The van der Waals surface area contributed by atoms with Crippen LogP contribution in [0.2, 0.25) is 0 Å². The number of benzene rings is 3. The van der Waals surface area contributed by atoms with Gasteiger partial charge in [0.1, 0.15) is 17.1 Å². The third-order valence-electron chi connectivity index (χ3n) is 10.6. The van der Waals surface area contributed by atoms with Crippen molar-refractivity contribution in [2.24, 2.45) is 17.8 Å². The van der Waals surface area contributed by atoms with E-state index in [9.17, 15) is 20.1 Å². The second-order valence-electron chi connectivity index (χ2n) is 15.2. The van der Waals surface area contributed by atoms with Gasteiger partial charge in [-0.25, -0.2) is 4.79 Å². The van der Waals surface area contributed by atoms with E-state index in [4.69, 9.17) is 4.74 Å². The monoisotopic (exact) mass is 658 g/mol. The number of phenolic OH excluding ortho intramolecular Hbond substituents is 1. The van der Waals surface area contributed by atoms with Crippen LogP contribution in [0.25, 0.3) is 0 Å². The van der Waals surface area contributed by atoms with E-state index in [1.54, 1.807) is 60.7 Å². The van der Waals surface area contributed by atoms with Gasteiger partial charge in [0.15, 0.2) is 0 Å². The zero-order valence-corrected chi connectivity index (χ0v) is 30.9. The third kappa shape index (κ3) is 10.3. The third-order valence-corrected chi connectivity index (χ3v) is 10.6. The minimum atomic E-state index is -2.00. The fourth-order valence-electron chi connectivity index (χ4n) is 7.05. The molecule has 0 aliphatic carbocycles. The number of fused-ring (bicyclic) bond motifs is 1. The molecule has 0 bridgehead atoms. The quantitative estimate of drug-likeness (QED) is 0.151. The topological polar surface area (TPSA) is 87.0 Å². The lowest BCUT2D eigenvalue weighted by Gasteiger charge is -2.38. The number of carbonyl (C=O) groups is 1. The Kier molecular flexibility index (Phi) is 14.6. The average molecular weight is 659 g/mol. The molecule has 5 nitrogen and oxygen atoms in total. The number of carboxylic acid groups (broad SMARTS) is 1. The molecule has 1 heterocycles. The first-order chi connectivity index (χ1) is 22.7. The van der Waals surface area contributed by atoms with Gasteiger partial charge in [-0.3, -0.25) is 0 Å². The minimum absolute atomic E-state index is 0.0712. The van der Waals surface area contributed by atoms with Crippen LogP contribution in [0.15, 0.2) is 60.7 Å². The first kappa shape index (κ1) is 39.1. The van der Waals surface area contributed by atoms with Gasteiger partial charge in [-0.1, -0.05) is 133 Å². The van der Waals surface area contributed by atoms with Crippen LogP contribution < -0.4 is 4.74 Å². The maximum Gasteiger partial charge on any atom is 0.345 e. The average Bonchev–Trinajstić information content (AvgIpc) is 3.06. The maximum absolute atomic E-state index is 11.4. The van der Waals surface area contributed by atoms with Gasteiger partial charge < -0.3 is 20.1 Å². The highest BCUT2D eigenvalue weighted by atomic mass is 16.5. The van der Waals surface area contributed by atoms with Crippen molar-refractivity contribution in [3.8, 4) is 11.5 Å². The molecule has 264 valence electrons. The molecular weight excluding hydrogens is 596 g/mol. The van der Waals surface area contributed by atoms with Gasteiger partial charge in [-0.2, -0.15) is 0 Å². The Hall–Kier alpha value is -3.31. The van der Waals surface area contributed by atoms with Gasteiger partial charge in [0.05, 0.1) is 0 Å². The molecule has 0 amide bonds. The van der Waals surface area contributed by atoms with E-state index in [0.717, 1.165) is 59.5 Å². The number of aliphatic carboxylic acids is 1. The van der Waals surface area contributed by atoms with Crippen molar-refractivity contribution in [2.75, 3.05) is 0 Å². The van der Waals surface area contributed by atoms with E-state index in [1.807, 2.05) is 13.8 Å². The first-order valence-electron chi connectivity index (χ1n) is 18.3. The van der Waals surface area contributed by atoms with Crippen LogP contribution in [0, 0.1) is 38.5 Å². The zero-order valence-electron chi connectivity index (χ0n) is 30.9. The number of aromatic hydroxyl groups is 1. The molecule has 0 saturated heterocycles. The lowest BCUT2D eigenvalue weighted by Crippen LogP contribution is -2.37. The van der Waals surface area contributed by atoms with Crippen molar-refractivity contribution >= 4 is 5.97 Å². The van der Waals surface area contributed by atoms with Crippen molar-refractivity contribution in [2.45, 2.75) is 137 Å². The molecule has 48 heavy (non-hydrogen) atoms. The van der Waals surface area contributed by atoms with Gasteiger partial charge in [-0.15, -0.1) is 0 Å². The van der Waals surface area contributed by atoms with Crippen molar-refractivity contribution in [1.82, 2.24) is 0 Å². The molecule has 0 aromatic heterocycles. The van der Waals surface area contributed by atoms with Crippen molar-refractivity contribution in [1.29, 1.82) is 0 Å². The van der Waals surface area contributed by atoms with Crippen molar-refractivity contribution in [3.05, 3.63) is 94.0 Å². The Balaban J connectivity index is 0.000000308. The Morgan fingerprint density at radius 1 is 0.771 bits per heavy atom. The van der Waals surface area contributed by atoms with Gasteiger partial charge in [0, 0.05) is 5.56 Å². The molecule has 2 unspecified atom stereocenters. The number of rotatable bonds is 15. The Morgan fingerprint density at radius 2 is 1.25 bits per heavy atom. The number of hydrogen-bond donors (Lipinski definition) is 3. The van der Waals surface area contributed by atoms with Gasteiger partial charge in [-0.05, 0) is 98.9 Å². The summed E-state index contributed by atoms with van der Waals surface area (Å²) in [4.78, 5) is 11.4. The number of carboxylic acids is 1. The molecular formula is C43H62O5. The predicted octanol–water partition coefficient (Wildman–Crippen LogP) is 10.8. The molecule has 0 fully saturated rings. The SMILES string of the molecule is Cc1c(C)c2c(c(C)c1O)CC[C@@](C)(CCCC(C)CCCC(C)CCCC(C)C)O2.O=C(O)C(O)(c1ccccc1)c1ccccc1. The number of phenols is 1. The summed E-state index contributed by atoms with van der Waals surface area (Å²) in [6, 6.07) is 16.7. The summed E-state index contributed by atoms with van der Waals surface area (Å²) >= 11 is 0. The van der Waals surface area contributed by atoms with Crippen molar-refractivity contribution in [3.63, 3.8) is 0 Å². The summed E-state index contributed by atoms with van der Waals surface area (Å²) in [6.07, 6.45) is 14.1. The molecule has 1 aliphatic heterocycles. The summed E-state index contributed by atoms with van der Waals surface area (Å²) in [5.74, 6) is 2.75. The number of aliphatic hydroxyl groups is 1. The Morgan fingerprint density at radius 3 is 1.73 bits per heavy atom. The van der Waals surface area contributed by atoms with Gasteiger partial charge in [0.25, 0.3) is 0 Å². The summed E-state index contributed by atoms with van der Waals surface area (Å²) in [6.45, 7) is 17.9. The molecule has 0 radical (unpaired) electrons. The summed E-state index contributed by atoms with van der Waals surface area (Å²) < 4.78 is 6.60. The van der Waals surface area contributed by atoms with Crippen LogP contribution in [-0.2, 0) is 16.8 Å². The largest absolute Gasteiger partial charge is 0.507 e. The van der Waals surface area contributed by atoms with Gasteiger partial charge >= 0.3 is 5.97 Å². The molecule has 3 aromatic rings. The van der Waals surface area contributed by atoms with E-state index in [1.165, 1.54) is 56.9 Å². The number of ether oxygens (including phenoxy) is 1. The molecule has 0 saturated carbocycles. The van der Waals surface area contributed by atoms with Crippen LogP contribution in [0.3, 0.4) is 0 Å². The van der Waals surface area contributed by atoms with Crippen LogP contribution in [-0.4, -0.2) is 26.9 Å². The molecule has 3 aromatic carbocycles. The lowest BCUT2D eigenvalue weighted by atomic mass is 9.84. The fraction of sp³-hybridized carbons (Fsp3) is 0.558. The van der Waals surface area contributed by atoms with E-state index >= 15 is 0 Å². The number of hydrogen-bond acceptors (Lipinski definition) is 4. The van der Waals surface area contributed by atoms with E-state index in [2.05, 4.69) is 41.5 Å². The molecule has 0 spiro atoms. The summed E-state index contributed by atoms with van der Waals surface area (Å²) in [5, 5.41) is 30.1. The lowest BCUT2D eigenvalue weighted by molar-refractivity contribution is -0.155. The van der Waals surface area contributed by atoms with Gasteiger partial charge in [0.2, 0.25) is 5.60 Å². The highest BCUT2D eigenvalue weighted by molar-refractivity contribution is 5.83. The maximum atomic E-state index is 11.4. The van der Waals surface area contributed by atoms with Crippen LogP contribution in [0.4, 0.5) is 0 Å². The normalized spacial score (nSPS) is 17.1. The second-order valence-corrected chi connectivity index (χ2v) is 15.2. The smallest absolute Gasteiger partial charge is 0.345 e. The van der Waals surface area contributed by atoms with Crippen LogP contribution in [0.1, 0.15) is 132 Å². The fourth-order valence-corrected chi connectivity index (χ4v) is 7.05. The van der Waals surface area contributed by atoms with Crippen molar-refractivity contribution < 1.29 is 24.9 Å². The highest BCUT2D eigenvalue weighted by Gasteiger charge is 2.40. The second kappa shape index (κ2) is 17.9. The van der Waals surface area contributed by atoms with E-state index < -0.39 is 11.6 Å². The molecule has 1 aliphatic rings.